The van der Waals surface area contributed by atoms with Gasteiger partial charge in [0.15, 0.2) is 6.61 Å². The molecule has 1 aromatic rings. The Bertz CT molecular complexity index is 423. The van der Waals surface area contributed by atoms with Crippen LogP contribution in [0, 0.1) is 6.61 Å². The molecule has 0 aliphatic rings. The molecule has 0 saturated carbocycles. The van der Waals surface area contributed by atoms with Crippen molar-refractivity contribution in [1.82, 2.24) is 0 Å². The van der Waals surface area contributed by atoms with Crippen molar-refractivity contribution in [2.75, 3.05) is 13.2 Å². The van der Waals surface area contributed by atoms with Gasteiger partial charge >= 0.3 is 5.97 Å². The molecule has 4 nitrogen and oxygen atoms in total. The summed E-state index contributed by atoms with van der Waals surface area (Å²) >= 11 is 0. The Hall–Kier alpha value is -1.17. The first-order chi connectivity index (χ1) is 9.95. The number of unbranched alkanes of at least 4 members (excludes halogenated alkanes) is 1. The van der Waals surface area contributed by atoms with E-state index in [1.807, 2.05) is 12.1 Å². The van der Waals surface area contributed by atoms with Crippen LogP contribution in [0.15, 0.2) is 24.3 Å². The van der Waals surface area contributed by atoms with Crippen molar-refractivity contribution in [2.45, 2.75) is 39.4 Å². The Kier molecular flexibility index (Phi) is 7.64. The summed E-state index contributed by atoms with van der Waals surface area (Å²) in [6.45, 7) is 11.2. The molecule has 0 amide bonds. The summed E-state index contributed by atoms with van der Waals surface area (Å²) in [4.78, 5) is 21.2. The maximum absolute atomic E-state index is 11.7. The topological polar surface area (TPSA) is 44.8 Å². The summed E-state index contributed by atoms with van der Waals surface area (Å²) in [7, 11) is -1.34. The lowest BCUT2D eigenvalue weighted by atomic mass is 10.2. The molecule has 0 spiro atoms. The summed E-state index contributed by atoms with van der Waals surface area (Å²) < 4.78 is 5.25. The minimum atomic E-state index is -1.34. The van der Waals surface area contributed by atoms with Gasteiger partial charge in [0.1, 0.15) is 0 Å². The van der Waals surface area contributed by atoms with E-state index >= 15 is 0 Å². The molecular weight excluding hydrogens is 284 g/mol. The van der Waals surface area contributed by atoms with E-state index in [4.69, 9.17) is 14.5 Å². The smallest absolute Gasteiger partial charge is 0.373 e. The molecule has 0 heterocycles. The van der Waals surface area contributed by atoms with E-state index in [1.54, 1.807) is 12.1 Å². The lowest BCUT2D eigenvalue weighted by molar-refractivity contribution is -0.218. The number of carbonyl (C=O) groups excluding carboxylic acids is 1. The van der Waals surface area contributed by atoms with Crippen LogP contribution < -0.4 is 5.19 Å². The summed E-state index contributed by atoms with van der Waals surface area (Å²) in [6, 6.07) is 7.52. The molecule has 0 unspecified atom stereocenters. The van der Waals surface area contributed by atoms with Crippen molar-refractivity contribution in [1.29, 1.82) is 0 Å². The van der Waals surface area contributed by atoms with Gasteiger partial charge in [-0.05, 0) is 18.6 Å². The first-order valence-corrected chi connectivity index (χ1v) is 10.8. The number of rotatable bonds is 9. The van der Waals surface area contributed by atoms with E-state index in [2.05, 4.69) is 26.6 Å². The van der Waals surface area contributed by atoms with E-state index < -0.39 is 14.0 Å². The van der Waals surface area contributed by atoms with E-state index in [0.29, 0.717) is 18.8 Å². The van der Waals surface area contributed by atoms with Crippen LogP contribution in [0.1, 0.15) is 30.1 Å². The van der Waals surface area contributed by atoms with Gasteiger partial charge in [-0.3, -0.25) is 4.89 Å². The summed E-state index contributed by atoms with van der Waals surface area (Å²) in [5.41, 5.74) is 0.484. The maximum atomic E-state index is 11.7. The molecule has 0 aliphatic heterocycles. The van der Waals surface area contributed by atoms with Crippen molar-refractivity contribution in [3.63, 3.8) is 0 Å². The summed E-state index contributed by atoms with van der Waals surface area (Å²) in [5.74, 6) is -0.498. The van der Waals surface area contributed by atoms with Crippen molar-refractivity contribution < 1.29 is 19.3 Å². The Morgan fingerprint density at radius 2 is 1.86 bits per heavy atom. The van der Waals surface area contributed by atoms with Gasteiger partial charge in [-0.25, -0.2) is 4.79 Å². The molecule has 0 aromatic heterocycles. The lowest BCUT2D eigenvalue weighted by Crippen LogP contribution is -2.37. The SMILES string of the molecule is CCCCOC[CH]OOC(=O)c1ccc([Si](C)(C)C)cc1. The van der Waals surface area contributed by atoms with Crippen molar-refractivity contribution in [3.8, 4) is 0 Å². The minimum absolute atomic E-state index is 0.307. The Labute approximate surface area is 128 Å². The zero-order valence-electron chi connectivity index (χ0n) is 13.3. The molecule has 0 N–H and O–H groups in total. The standard InChI is InChI=1S/C16H25O4Si/c1-5-6-11-18-12-13-19-20-16(17)14-7-9-15(10-8-14)21(2,3)4/h7-10,13H,5-6,11-12H2,1-4H3. The van der Waals surface area contributed by atoms with Gasteiger partial charge < -0.3 is 4.74 Å². The molecule has 5 heteroatoms. The number of carbonyl (C=O) groups is 1. The van der Waals surface area contributed by atoms with E-state index in [-0.39, 0.29) is 0 Å². The zero-order valence-corrected chi connectivity index (χ0v) is 14.3. The average Bonchev–Trinajstić information content (AvgIpc) is 2.45. The fourth-order valence-electron chi connectivity index (χ4n) is 1.64. The van der Waals surface area contributed by atoms with Crippen molar-refractivity contribution in [2.24, 2.45) is 0 Å². The summed E-state index contributed by atoms with van der Waals surface area (Å²) in [6.07, 6.45) is 2.10. The van der Waals surface area contributed by atoms with Gasteiger partial charge in [0.25, 0.3) is 0 Å². The molecule has 0 saturated heterocycles. The molecule has 1 radical (unpaired) electrons. The van der Waals surface area contributed by atoms with Gasteiger partial charge in [0.2, 0.25) is 0 Å². The van der Waals surface area contributed by atoms with Crippen LogP contribution in [0.4, 0.5) is 0 Å². The Balaban J connectivity index is 2.29. The quantitative estimate of drug-likeness (QED) is 0.304. The molecular formula is C16H25O4Si. The van der Waals surface area contributed by atoms with E-state index in [1.165, 1.54) is 11.8 Å². The molecule has 21 heavy (non-hydrogen) atoms. The highest BCUT2D eigenvalue weighted by molar-refractivity contribution is 6.88. The third-order valence-electron chi connectivity index (χ3n) is 3.01. The average molecular weight is 309 g/mol. The van der Waals surface area contributed by atoms with Crippen molar-refractivity contribution in [3.05, 3.63) is 36.4 Å². The molecule has 117 valence electrons. The second-order valence-corrected chi connectivity index (χ2v) is 11.0. The van der Waals surface area contributed by atoms with Crippen molar-refractivity contribution >= 4 is 19.2 Å². The van der Waals surface area contributed by atoms with Gasteiger partial charge in [0, 0.05) is 6.61 Å². The van der Waals surface area contributed by atoms with Crippen LogP contribution in [0.3, 0.4) is 0 Å². The normalized spacial score (nSPS) is 11.4. The van der Waals surface area contributed by atoms with Crippen LogP contribution >= 0.6 is 0 Å². The summed E-state index contributed by atoms with van der Waals surface area (Å²) in [5, 5.41) is 1.30. The molecule has 0 fully saturated rings. The minimum Gasteiger partial charge on any atom is -0.378 e. The number of ether oxygens (including phenoxy) is 1. The molecule has 1 rings (SSSR count). The second-order valence-electron chi connectivity index (χ2n) is 5.89. The van der Waals surface area contributed by atoms with Crippen LogP contribution in [-0.2, 0) is 14.5 Å². The molecule has 0 aliphatic carbocycles. The van der Waals surface area contributed by atoms with E-state index in [0.717, 1.165) is 12.8 Å². The molecule has 0 bridgehead atoms. The van der Waals surface area contributed by atoms with Gasteiger partial charge in [-0.2, -0.15) is 4.89 Å². The third-order valence-corrected chi connectivity index (χ3v) is 5.07. The number of hydrogen-bond acceptors (Lipinski definition) is 4. The maximum Gasteiger partial charge on any atom is 0.373 e. The predicted molar refractivity (Wildman–Crippen MR) is 85.9 cm³/mol. The van der Waals surface area contributed by atoms with Crippen LogP contribution in [0.2, 0.25) is 19.6 Å². The monoisotopic (exact) mass is 309 g/mol. The first kappa shape index (κ1) is 17.9. The molecule has 1 aromatic carbocycles. The lowest BCUT2D eigenvalue weighted by Gasteiger charge is -2.16. The van der Waals surface area contributed by atoms with Crippen LogP contribution in [0.5, 0.6) is 0 Å². The third kappa shape index (κ3) is 6.88. The number of hydrogen-bond donors (Lipinski definition) is 0. The highest BCUT2D eigenvalue weighted by Crippen LogP contribution is 2.06. The fraction of sp³-hybridized carbons (Fsp3) is 0.500. The van der Waals surface area contributed by atoms with Crippen LogP contribution in [-0.4, -0.2) is 27.3 Å². The van der Waals surface area contributed by atoms with Gasteiger partial charge in [-0.15, -0.1) is 0 Å². The molecule has 0 atom stereocenters. The highest BCUT2D eigenvalue weighted by Gasteiger charge is 2.17. The van der Waals surface area contributed by atoms with Gasteiger partial charge in [-0.1, -0.05) is 50.3 Å². The first-order valence-electron chi connectivity index (χ1n) is 7.32. The predicted octanol–water partition coefficient (Wildman–Crippen LogP) is 3.30. The second kappa shape index (κ2) is 8.97. The van der Waals surface area contributed by atoms with Gasteiger partial charge in [0.05, 0.1) is 20.2 Å². The fourth-order valence-corrected chi connectivity index (χ4v) is 2.80. The highest BCUT2D eigenvalue weighted by atomic mass is 28.3. The van der Waals surface area contributed by atoms with E-state index in [9.17, 15) is 4.79 Å². The Morgan fingerprint density at radius 1 is 1.19 bits per heavy atom. The zero-order chi connectivity index (χ0) is 15.7. The number of benzene rings is 1. The Morgan fingerprint density at radius 3 is 2.43 bits per heavy atom. The largest absolute Gasteiger partial charge is 0.378 e. The van der Waals surface area contributed by atoms with Crippen LogP contribution in [0.25, 0.3) is 0 Å².